The molecule has 0 bridgehead atoms. The van der Waals surface area contributed by atoms with E-state index in [1.807, 2.05) is 0 Å². The molecule has 0 aliphatic carbocycles. The quantitative estimate of drug-likeness (QED) is 0.793. The molecule has 3 aromatic rings. The first-order valence-electron chi connectivity index (χ1n) is 6.63. The van der Waals surface area contributed by atoms with Gasteiger partial charge in [-0.3, -0.25) is 0 Å². The van der Waals surface area contributed by atoms with Crippen LogP contribution in [0.2, 0.25) is 0 Å². The summed E-state index contributed by atoms with van der Waals surface area (Å²) in [7, 11) is -2.15. The van der Waals surface area contributed by atoms with E-state index in [1.165, 1.54) is 31.3 Å². The minimum atomic E-state index is -3.49. The number of nitrogens with zero attached hydrogens (tertiary/aromatic N) is 2. The summed E-state index contributed by atoms with van der Waals surface area (Å²) < 4.78 is 43.7. The van der Waals surface area contributed by atoms with Crippen molar-refractivity contribution in [2.75, 3.05) is 7.05 Å². The largest absolute Gasteiger partial charge is 0.334 e. The molecule has 6 nitrogen and oxygen atoms in total. The maximum atomic E-state index is 12.9. The zero-order valence-corrected chi connectivity index (χ0v) is 12.8. The minimum Gasteiger partial charge on any atom is -0.334 e. The van der Waals surface area contributed by atoms with E-state index in [1.54, 1.807) is 24.3 Å². The SMILES string of the molecule is CNS(=O)(=O)c1ccc(-c2nc(-c3ccc(F)cc3)no2)cc1. The topological polar surface area (TPSA) is 85.1 Å². The number of benzene rings is 2. The van der Waals surface area contributed by atoms with Crippen LogP contribution in [0, 0.1) is 5.82 Å². The summed E-state index contributed by atoms with van der Waals surface area (Å²) >= 11 is 0. The van der Waals surface area contributed by atoms with Gasteiger partial charge in [0.2, 0.25) is 15.8 Å². The number of rotatable bonds is 4. The Hall–Kier alpha value is -2.58. The van der Waals surface area contributed by atoms with Crippen molar-refractivity contribution < 1.29 is 17.3 Å². The monoisotopic (exact) mass is 333 g/mol. The highest BCUT2D eigenvalue weighted by atomic mass is 32.2. The van der Waals surface area contributed by atoms with E-state index in [9.17, 15) is 12.8 Å². The predicted molar refractivity (Wildman–Crippen MR) is 81.4 cm³/mol. The van der Waals surface area contributed by atoms with E-state index in [2.05, 4.69) is 14.9 Å². The standard InChI is InChI=1S/C15H12FN3O3S/c1-17-23(20,21)13-8-4-11(5-9-13)15-18-14(19-22-15)10-2-6-12(16)7-3-10/h2-9,17H,1H3. The van der Waals surface area contributed by atoms with Crippen LogP contribution in [0.1, 0.15) is 0 Å². The van der Waals surface area contributed by atoms with E-state index in [4.69, 9.17) is 4.52 Å². The molecule has 0 unspecified atom stereocenters. The molecular formula is C15H12FN3O3S. The van der Waals surface area contributed by atoms with Crippen molar-refractivity contribution >= 4 is 10.0 Å². The zero-order valence-electron chi connectivity index (χ0n) is 12.0. The average molecular weight is 333 g/mol. The van der Waals surface area contributed by atoms with Crippen LogP contribution >= 0.6 is 0 Å². The summed E-state index contributed by atoms with van der Waals surface area (Å²) in [5, 5.41) is 3.84. The molecule has 8 heteroatoms. The van der Waals surface area contributed by atoms with Crippen LogP contribution < -0.4 is 4.72 Å². The lowest BCUT2D eigenvalue weighted by atomic mass is 10.2. The molecular weight excluding hydrogens is 321 g/mol. The average Bonchev–Trinajstić information content (AvgIpc) is 3.05. The van der Waals surface area contributed by atoms with Gasteiger partial charge in [0.05, 0.1) is 4.90 Å². The molecule has 1 N–H and O–H groups in total. The van der Waals surface area contributed by atoms with Gasteiger partial charge in [-0.2, -0.15) is 4.98 Å². The smallest absolute Gasteiger partial charge is 0.258 e. The minimum absolute atomic E-state index is 0.141. The second-order valence-corrected chi connectivity index (χ2v) is 6.55. The van der Waals surface area contributed by atoms with E-state index in [0.717, 1.165) is 0 Å². The third-order valence-electron chi connectivity index (χ3n) is 3.21. The van der Waals surface area contributed by atoms with E-state index in [0.29, 0.717) is 17.0 Å². The maximum absolute atomic E-state index is 12.9. The molecule has 0 saturated carbocycles. The number of hydrogen-bond acceptors (Lipinski definition) is 5. The summed E-state index contributed by atoms with van der Waals surface area (Å²) in [6.45, 7) is 0. The van der Waals surface area contributed by atoms with Crippen LogP contribution in [0.15, 0.2) is 57.9 Å². The fourth-order valence-electron chi connectivity index (χ4n) is 1.95. The number of nitrogens with one attached hydrogen (secondary N) is 1. The summed E-state index contributed by atoms with van der Waals surface area (Å²) in [4.78, 5) is 4.37. The Bertz CT molecular complexity index is 919. The van der Waals surface area contributed by atoms with Crippen LogP contribution in [0.5, 0.6) is 0 Å². The van der Waals surface area contributed by atoms with Crippen molar-refractivity contribution in [2.24, 2.45) is 0 Å². The number of aromatic nitrogens is 2. The van der Waals surface area contributed by atoms with E-state index >= 15 is 0 Å². The summed E-state index contributed by atoms with van der Waals surface area (Å²) in [6.07, 6.45) is 0. The number of halogens is 1. The van der Waals surface area contributed by atoms with Crippen molar-refractivity contribution in [2.45, 2.75) is 4.90 Å². The van der Waals surface area contributed by atoms with Crippen molar-refractivity contribution in [1.29, 1.82) is 0 Å². The molecule has 3 rings (SSSR count). The first-order valence-corrected chi connectivity index (χ1v) is 8.11. The zero-order chi connectivity index (χ0) is 16.4. The van der Waals surface area contributed by atoms with Gasteiger partial charge in [-0.1, -0.05) is 5.16 Å². The van der Waals surface area contributed by atoms with Gasteiger partial charge in [0.25, 0.3) is 5.89 Å². The first-order chi connectivity index (χ1) is 11.0. The van der Waals surface area contributed by atoms with Crippen molar-refractivity contribution in [3.05, 3.63) is 54.3 Å². The van der Waals surface area contributed by atoms with Gasteiger partial charge in [-0.25, -0.2) is 17.5 Å². The molecule has 0 aliphatic rings. The first kappa shape index (κ1) is 15.3. The lowest BCUT2D eigenvalue weighted by molar-refractivity contribution is 0.432. The van der Waals surface area contributed by atoms with Crippen LogP contribution in [0.25, 0.3) is 22.8 Å². The predicted octanol–water partition coefficient (Wildman–Crippen LogP) is 2.45. The van der Waals surface area contributed by atoms with Gasteiger partial charge in [0.1, 0.15) is 5.82 Å². The van der Waals surface area contributed by atoms with Crippen molar-refractivity contribution in [3.63, 3.8) is 0 Å². The molecule has 23 heavy (non-hydrogen) atoms. The second-order valence-electron chi connectivity index (χ2n) is 4.66. The highest BCUT2D eigenvalue weighted by Crippen LogP contribution is 2.23. The van der Waals surface area contributed by atoms with E-state index < -0.39 is 10.0 Å². The molecule has 1 aromatic heterocycles. The van der Waals surface area contributed by atoms with Crippen LogP contribution in [0.3, 0.4) is 0 Å². The molecule has 0 radical (unpaired) electrons. The van der Waals surface area contributed by atoms with Crippen molar-refractivity contribution in [1.82, 2.24) is 14.9 Å². The molecule has 0 fully saturated rings. The van der Waals surface area contributed by atoms with Gasteiger partial charge in [0, 0.05) is 11.1 Å². The summed E-state index contributed by atoms with van der Waals surface area (Å²) in [5.74, 6) is 0.225. The Kier molecular flexibility index (Phi) is 3.93. The molecule has 0 spiro atoms. The van der Waals surface area contributed by atoms with Gasteiger partial charge >= 0.3 is 0 Å². The van der Waals surface area contributed by atoms with E-state index in [-0.39, 0.29) is 16.6 Å². The normalized spacial score (nSPS) is 11.6. The number of hydrogen-bond donors (Lipinski definition) is 1. The Balaban J connectivity index is 1.90. The highest BCUT2D eigenvalue weighted by Gasteiger charge is 2.14. The Morgan fingerprint density at radius 3 is 2.22 bits per heavy atom. The Labute approximate surface area is 132 Å². The van der Waals surface area contributed by atoms with Crippen LogP contribution in [0.4, 0.5) is 4.39 Å². The number of sulfonamides is 1. The van der Waals surface area contributed by atoms with Crippen LogP contribution in [-0.2, 0) is 10.0 Å². The molecule has 1 heterocycles. The Morgan fingerprint density at radius 1 is 1.00 bits per heavy atom. The third-order valence-corrected chi connectivity index (χ3v) is 4.64. The fraction of sp³-hybridized carbons (Fsp3) is 0.0667. The maximum Gasteiger partial charge on any atom is 0.258 e. The highest BCUT2D eigenvalue weighted by molar-refractivity contribution is 7.89. The van der Waals surface area contributed by atoms with Gasteiger partial charge in [0.15, 0.2) is 0 Å². The molecule has 0 atom stereocenters. The van der Waals surface area contributed by atoms with Gasteiger partial charge < -0.3 is 4.52 Å². The summed E-state index contributed by atoms with van der Waals surface area (Å²) in [5.41, 5.74) is 1.21. The van der Waals surface area contributed by atoms with Crippen molar-refractivity contribution in [3.8, 4) is 22.8 Å². The Morgan fingerprint density at radius 2 is 1.61 bits per heavy atom. The van der Waals surface area contributed by atoms with Crippen LogP contribution in [-0.4, -0.2) is 25.6 Å². The van der Waals surface area contributed by atoms with Gasteiger partial charge in [-0.15, -0.1) is 0 Å². The third kappa shape index (κ3) is 3.13. The lowest BCUT2D eigenvalue weighted by Crippen LogP contribution is -2.18. The second kappa shape index (κ2) is 5.90. The lowest BCUT2D eigenvalue weighted by Gasteiger charge is -2.02. The molecule has 0 amide bonds. The molecule has 0 aliphatic heterocycles. The molecule has 0 saturated heterocycles. The van der Waals surface area contributed by atoms with Gasteiger partial charge in [-0.05, 0) is 55.6 Å². The fourth-order valence-corrected chi connectivity index (χ4v) is 2.68. The molecule has 2 aromatic carbocycles. The summed E-state index contributed by atoms with van der Waals surface area (Å²) in [6, 6.07) is 11.8. The molecule has 118 valence electrons.